The summed E-state index contributed by atoms with van der Waals surface area (Å²) >= 11 is 0. The predicted molar refractivity (Wildman–Crippen MR) is 119 cm³/mol. The number of aryl methyl sites for hydroxylation is 1. The number of fused-ring (bicyclic) bond motifs is 1. The Hall–Kier alpha value is -3.20. The van der Waals surface area contributed by atoms with Crippen molar-refractivity contribution in [2.45, 2.75) is 25.8 Å². The van der Waals surface area contributed by atoms with Gasteiger partial charge >= 0.3 is 13.3 Å². The number of rotatable bonds is 7. The van der Waals surface area contributed by atoms with Crippen LogP contribution < -0.4 is 17.0 Å². The van der Waals surface area contributed by atoms with Crippen LogP contribution in [0.5, 0.6) is 0 Å². The van der Waals surface area contributed by atoms with E-state index in [0.29, 0.717) is 23.3 Å². The lowest BCUT2D eigenvalue weighted by Crippen LogP contribution is -2.33. The van der Waals surface area contributed by atoms with Crippen LogP contribution in [0, 0.1) is 6.92 Å². The van der Waals surface area contributed by atoms with E-state index in [1.165, 1.54) is 23.4 Å². The molecule has 0 saturated carbocycles. The van der Waals surface area contributed by atoms with E-state index in [9.17, 15) is 14.2 Å². The van der Waals surface area contributed by atoms with E-state index >= 15 is 0 Å². The number of aromatic nitrogens is 6. The van der Waals surface area contributed by atoms with Crippen molar-refractivity contribution in [2.24, 2.45) is 0 Å². The van der Waals surface area contributed by atoms with E-state index in [-0.39, 0.29) is 19.0 Å². The van der Waals surface area contributed by atoms with Crippen LogP contribution in [0.2, 0.25) is 0 Å². The monoisotopic (exact) mass is 497 g/mol. The first-order valence-electron chi connectivity index (χ1n) is 9.89. The van der Waals surface area contributed by atoms with E-state index in [0.717, 1.165) is 0 Å². The zero-order valence-corrected chi connectivity index (χ0v) is 18.9. The van der Waals surface area contributed by atoms with Gasteiger partial charge in [-0.25, -0.2) is 19.7 Å². The van der Waals surface area contributed by atoms with E-state index in [1.807, 2.05) is 0 Å². The number of nitrogens with two attached hydrogens (primary N) is 1. The number of aliphatic hydroxyl groups excluding tert-OH is 1. The zero-order chi connectivity index (χ0) is 24.9. The number of aliphatic hydroxyl groups is 1. The maximum absolute atomic E-state index is 11.5. The van der Waals surface area contributed by atoms with E-state index < -0.39 is 37.5 Å². The number of imidazole rings is 1. The Bertz CT molecular complexity index is 1330. The summed E-state index contributed by atoms with van der Waals surface area (Å²) in [7, 11) is -4.12. The number of nitrogens with one attached hydrogen (secondary N) is 1. The molecular weight excluding hydrogens is 473 g/mol. The van der Waals surface area contributed by atoms with Crippen LogP contribution >= 0.6 is 7.60 Å². The fourth-order valence-corrected chi connectivity index (χ4v) is 3.30. The van der Waals surface area contributed by atoms with Crippen LogP contribution in [0.25, 0.3) is 11.2 Å². The molecule has 0 fully saturated rings. The number of hydrogen-bond donors (Lipinski definition) is 5. The molecule has 16 heteroatoms. The van der Waals surface area contributed by atoms with Gasteiger partial charge in [-0.3, -0.25) is 18.9 Å². The number of nitrogen functional groups attached to an aromatic ring is 1. The molecule has 3 aromatic heterocycles. The van der Waals surface area contributed by atoms with Crippen molar-refractivity contribution in [1.82, 2.24) is 29.1 Å². The van der Waals surface area contributed by atoms with Crippen LogP contribution in [0.4, 0.5) is 5.82 Å². The molecule has 1 aliphatic rings. The third-order valence-corrected chi connectivity index (χ3v) is 5.09. The third kappa shape index (κ3) is 6.44. The summed E-state index contributed by atoms with van der Waals surface area (Å²) in [4.78, 5) is 54.0. The molecule has 4 heterocycles. The van der Waals surface area contributed by atoms with Gasteiger partial charge in [-0.2, -0.15) is 0 Å². The van der Waals surface area contributed by atoms with Crippen LogP contribution in [0.3, 0.4) is 0 Å². The average molecular weight is 497 g/mol. The second-order valence-corrected chi connectivity index (χ2v) is 8.77. The minimum absolute atomic E-state index is 0.135. The highest BCUT2D eigenvalue weighted by atomic mass is 31.2. The summed E-state index contributed by atoms with van der Waals surface area (Å²) in [5.74, 6) is 0.287. The molecule has 4 rings (SSSR count). The van der Waals surface area contributed by atoms with Crippen LogP contribution in [0.1, 0.15) is 11.8 Å². The standard InChI is InChI=1S/C10H12N2O4.C8H12N5O4P/c1-6-4-12(10(15)11-9(6)14)8-3-2-7(5-13)16-8;9-7-6-8(11-3-10-7)13(4-12-6)1-2-17-5-18(14,15)16/h2-4,7-8,13H,5H2,1H3,(H,11,14,15);3-4H,1-2,5H2,(H2,9,10,11)(H2,14,15,16)/t7-,8+;/m0./s1. The molecule has 0 aliphatic carbocycles. The first-order valence-corrected chi connectivity index (χ1v) is 11.7. The number of aromatic amines is 1. The highest BCUT2D eigenvalue weighted by Crippen LogP contribution is 2.33. The van der Waals surface area contributed by atoms with Crippen LogP contribution in [-0.4, -0.2) is 69.6 Å². The van der Waals surface area contributed by atoms with Gasteiger partial charge in [0.1, 0.15) is 24.3 Å². The molecule has 6 N–H and O–H groups in total. The van der Waals surface area contributed by atoms with Crippen molar-refractivity contribution in [1.29, 1.82) is 0 Å². The van der Waals surface area contributed by atoms with Crippen LogP contribution in [-0.2, 0) is 20.6 Å². The quantitative estimate of drug-likeness (QED) is 0.148. The van der Waals surface area contributed by atoms with Crippen molar-refractivity contribution in [3.63, 3.8) is 0 Å². The summed E-state index contributed by atoms with van der Waals surface area (Å²) in [6.45, 7) is 1.98. The maximum Gasteiger partial charge on any atom is 0.350 e. The van der Waals surface area contributed by atoms with Gasteiger partial charge in [0.05, 0.1) is 19.5 Å². The summed E-state index contributed by atoms with van der Waals surface area (Å²) in [5.41, 5.74) is 6.18. The van der Waals surface area contributed by atoms with E-state index in [2.05, 4.69) is 19.9 Å². The van der Waals surface area contributed by atoms with Gasteiger partial charge in [-0.1, -0.05) is 6.08 Å². The first kappa shape index (κ1) is 25.4. The molecule has 0 amide bonds. The molecule has 0 aromatic carbocycles. The SMILES string of the molecule is Cc1cn([C@H]2C=C[C@@H](CO)O2)c(=O)[nH]c1=O.Nc1ncnc2c1ncn2CCOCP(=O)(O)O. The highest BCUT2D eigenvalue weighted by molar-refractivity contribution is 7.51. The molecule has 3 aromatic rings. The van der Waals surface area contributed by atoms with Gasteiger partial charge in [0.25, 0.3) is 5.56 Å². The van der Waals surface area contributed by atoms with Gasteiger partial charge in [0, 0.05) is 18.3 Å². The van der Waals surface area contributed by atoms with Crippen molar-refractivity contribution in [3.05, 3.63) is 57.4 Å². The van der Waals surface area contributed by atoms with Crippen molar-refractivity contribution in [3.8, 4) is 0 Å². The Balaban J connectivity index is 0.000000192. The smallest absolute Gasteiger partial charge is 0.350 e. The Morgan fingerprint density at radius 3 is 2.71 bits per heavy atom. The van der Waals surface area contributed by atoms with Crippen molar-refractivity contribution < 1.29 is 28.9 Å². The van der Waals surface area contributed by atoms with Crippen molar-refractivity contribution in [2.75, 3.05) is 25.3 Å². The fraction of sp³-hybridized carbons (Fsp3) is 0.389. The normalized spacial score (nSPS) is 17.6. The van der Waals surface area contributed by atoms with Gasteiger partial charge < -0.3 is 34.7 Å². The van der Waals surface area contributed by atoms with Gasteiger partial charge in [0.15, 0.2) is 17.7 Å². The Morgan fingerprint density at radius 1 is 1.26 bits per heavy atom. The maximum atomic E-state index is 11.5. The molecule has 34 heavy (non-hydrogen) atoms. The van der Waals surface area contributed by atoms with E-state index in [4.69, 9.17) is 30.1 Å². The predicted octanol–water partition coefficient (Wildman–Crippen LogP) is -1.15. The largest absolute Gasteiger partial charge is 0.393 e. The minimum atomic E-state index is -4.12. The summed E-state index contributed by atoms with van der Waals surface area (Å²) in [6.07, 6.45) is 6.07. The molecule has 0 unspecified atom stereocenters. The number of anilines is 1. The molecule has 2 atom stereocenters. The molecule has 0 bridgehead atoms. The fourth-order valence-electron chi connectivity index (χ4n) is 2.93. The number of H-pyrrole nitrogens is 1. The molecular formula is C18H24N7O8P. The lowest BCUT2D eigenvalue weighted by molar-refractivity contribution is -0.0104. The topological polar surface area (TPSA) is 221 Å². The van der Waals surface area contributed by atoms with Crippen LogP contribution in [0.15, 0.2) is 40.6 Å². The Morgan fingerprint density at radius 2 is 2.03 bits per heavy atom. The third-order valence-electron chi connectivity index (χ3n) is 4.57. The van der Waals surface area contributed by atoms with Crippen molar-refractivity contribution >= 4 is 24.6 Å². The van der Waals surface area contributed by atoms with Gasteiger partial charge in [-0.05, 0) is 13.0 Å². The second kappa shape index (κ2) is 10.8. The first-order chi connectivity index (χ1) is 16.1. The Labute approximate surface area is 191 Å². The van der Waals surface area contributed by atoms with E-state index in [1.54, 1.807) is 23.6 Å². The second-order valence-electron chi connectivity index (χ2n) is 7.18. The van der Waals surface area contributed by atoms with Gasteiger partial charge in [0.2, 0.25) is 0 Å². The average Bonchev–Trinajstić information content (AvgIpc) is 3.42. The molecule has 0 spiro atoms. The number of hydrogen-bond acceptors (Lipinski definition) is 10. The highest BCUT2D eigenvalue weighted by Gasteiger charge is 2.21. The summed E-state index contributed by atoms with van der Waals surface area (Å²) < 4.78 is 23.7. The van der Waals surface area contributed by atoms with Gasteiger partial charge in [-0.15, -0.1) is 0 Å². The summed E-state index contributed by atoms with van der Waals surface area (Å²) in [6, 6.07) is 0. The number of nitrogens with zero attached hydrogens (tertiary/aromatic N) is 5. The molecule has 15 nitrogen and oxygen atoms in total. The summed E-state index contributed by atoms with van der Waals surface area (Å²) in [5, 5.41) is 8.88. The Kier molecular flexibility index (Phi) is 8.09. The number of ether oxygens (including phenoxy) is 2. The lowest BCUT2D eigenvalue weighted by atomic mass is 10.3. The molecule has 0 saturated heterocycles. The molecule has 1 aliphatic heterocycles. The zero-order valence-electron chi connectivity index (χ0n) is 18.0. The molecule has 0 radical (unpaired) electrons. The molecule has 184 valence electrons. The lowest BCUT2D eigenvalue weighted by Gasteiger charge is -2.14. The minimum Gasteiger partial charge on any atom is -0.393 e.